The number of amides is 3. The highest BCUT2D eigenvalue weighted by Crippen LogP contribution is 2.33. The van der Waals surface area contributed by atoms with E-state index in [1.807, 2.05) is 55.5 Å². The average Bonchev–Trinajstić information content (AvgIpc) is 3.24. The third kappa shape index (κ3) is 4.63. The van der Waals surface area contributed by atoms with Crippen LogP contribution in [-0.2, 0) is 14.4 Å². The van der Waals surface area contributed by atoms with Gasteiger partial charge < -0.3 is 9.80 Å². The molecule has 2 aliphatic rings. The highest BCUT2D eigenvalue weighted by atomic mass is 79.9. The van der Waals surface area contributed by atoms with Crippen molar-refractivity contribution in [3.63, 3.8) is 0 Å². The molecule has 0 radical (unpaired) electrons. The Bertz CT molecular complexity index is 1070. The number of benzene rings is 2. The van der Waals surface area contributed by atoms with Crippen LogP contribution in [0.2, 0.25) is 0 Å². The molecule has 0 saturated carbocycles. The molecule has 0 aromatic heterocycles. The third-order valence-electron chi connectivity index (χ3n) is 5.70. The van der Waals surface area contributed by atoms with Crippen LogP contribution in [0.5, 0.6) is 0 Å². The minimum atomic E-state index is -0.636. The van der Waals surface area contributed by atoms with Gasteiger partial charge in [-0.05, 0) is 42.3 Å². The zero-order valence-electron chi connectivity index (χ0n) is 17.5. The predicted molar refractivity (Wildman–Crippen MR) is 128 cm³/mol. The van der Waals surface area contributed by atoms with Crippen molar-refractivity contribution in [2.45, 2.75) is 19.4 Å². The van der Waals surface area contributed by atoms with Gasteiger partial charge in [-0.25, -0.2) is 5.01 Å². The van der Waals surface area contributed by atoms with Crippen LogP contribution in [-0.4, -0.2) is 64.4 Å². The molecule has 32 heavy (non-hydrogen) atoms. The topological polar surface area (TPSA) is 73.3 Å². The Morgan fingerprint density at radius 1 is 0.938 bits per heavy atom. The van der Waals surface area contributed by atoms with Crippen LogP contribution >= 0.6 is 31.9 Å². The number of rotatable bonds is 5. The van der Waals surface area contributed by atoms with E-state index < -0.39 is 11.8 Å². The van der Waals surface area contributed by atoms with Crippen LogP contribution in [0.1, 0.15) is 30.5 Å². The SMILES string of the molecule is CCN1CCN(CC(=O)N2N=C(c3ccc(Br)cc3)CC2c2ccc(Br)cc2)C(=O)C1=O. The lowest BCUT2D eigenvalue weighted by molar-refractivity contribution is -0.157. The maximum absolute atomic E-state index is 13.3. The van der Waals surface area contributed by atoms with Gasteiger partial charge in [0.05, 0.1) is 11.8 Å². The molecule has 1 fully saturated rings. The highest BCUT2D eigenvalue weighted by molar-refractivity contribution is 9.10. The maximum atomic E-state index is 13.3. The standard InChI is InChI=1S/C23H22Br2N4O3/c1-2-27-11-12-28(23(32)22(27)31)14-21(30)29-20(16-5-9-18(25)10-6-16)13-19(26-29)15-3-7-17(24)8-4-15/h3-10,20H,2,11-14H2,1H3. The summed E-state index contributed by atoms with van der Waals surface area (Å²) in [7, 11) is 0. The number of nitrogens with zero attached hydrogens (tertiary/aromatic N) is 4. The van der Waals surface area contributed by atoms with Crippen molar-refractivity contribution in [2.24, 2.45) is 5.10 Å². The Hall–Kier alpha value is -2.52. The van der Waals surface area contributed by atoms with Crippen LogP contribution in [0.4, 0.5) is 0 Å². The molecular formula is C23H22Br2N4O3. The normalized spacial score (nSPS) is 18.9. The van der Waals surface area contributed by atoms with Gasteiger partial charge in [-0.3, -0.25) is 14.4 Å². The molecule has 4 rings (SSSR count). The smallest absolute Gasteiger partial charge is 0.312 e. The summed E-state index contributed by atoms with van der Waals surface area (Å²) in [5.41, 5.74) is 2.70. The number of carbonyl (C=O) groups is 3. The molecule has 1 saturated heterocycles. The van der Waals surface area contributed by atoms with Gasteiger partial charge in [-0.15, -0.1) is 0 Å². The quantitative estimate of drug-likeness (QED) is 0.524. The monoisotopic (exact) mass is 560 g/mol. The van der Waals surface area contributed by atoms with Crippen molar-refractivity contribution in [1.29, 1.82) is 0 Å². The van der Waals surface area contributed by atoms with E-state index in [9.17, 15) is 14.4 Å². The number of piperazine rings is 1. The van der Waals surface area contributed by atoms with Crippen molar-refractivity contribution < 1.29 is 14.4 Å². The Balaban J connectivity index is 1.59. The Morgan fingerprint density at radius 2 is 1.50 bits per heavy atom. The minimum Gasteiger partial charge on any atom is -0.333 e. The van der Waals surface area contributed by atoms with Crippen LogP contribution in [0.25, 0.3) is 0 Å². The van der Waals surface area contributed by atoms with Gasteiger partial charge in [0.25, 0.3) is 5.91 Å². The largest absolute Gasteiger partial charge is 0.333 e. The summed E-state index contributed by atoms with van der Waals surface area (Å²) in [6, 6.07) is 15.3. The lowest BCUT2D eigenvalue weighted by Gasteiger charge is -2.33. The molecule has 7 nitrogen and oxygen atoms in total. The summed E-state index contributed by atoms with van der Waals surface area (Å²) < 4.78 is 1.91. The number of halogens is 2. The summed E-state index contributed by atoms with van der Waals surface area (Å²) in [6.45, 7) is 2.90. The van der Waals surface area contributed by atoms with Crippen LogP contribution < -0.4 is 0 Å². The third-order valence-corrected chi connectivity index (χ3v) is 6.76. The molecule has 0 bridgehead atoms. The number of likely N-dealkylation sites (N-methyl/N-ethyl adjacent to an activating group) is 1. The van der Waals surface area contributed by atoms with E-state index in [1.54, 1.807) is 0 Å². The molecule has 2 aromatic rings. The molecule has 2 aromatic carbocycles. The van der Waals surface area contributed by atoms with Crippen molar-refractivity contribution in [3.05, 3.63) is 68.6 Å². The average molecular weight is 562 g/mol. The second kappa shape index (κ2) is 9.54. The minimum absolute atomic E-state index is 0.174. The van der Waals surface area contributed by atoms with Gasteiger partial charge in [0.2, 0.25) is 0 Å². The number of hydrazone groups is 1. The molecule has 1 unspecified atom stereocenters. The van der Waals surface area contributed by atoms with Gasteiger partial charge in [-0.1, -0.05) is 56.1 Å². The lowest BCUT2D eigenvalue weighted by Crippen LogP contribution is -2.56. The fraction of sp³-hybridized carbons (Fsp3) is 0.304. The molecule has 0 N–H and O–H groups in total. The molecule has 1 atom stereocenters. The molecule has 0 spiro atoms. The number of hydrogen-bond acceptors (Lipinski definition) is 4. The first kappa shape index (κ1) is 22.7. The summed E-state index contributed by atoms with van der Waals surface area (Å²) in [5.74, 6) is -1.50. The van der Waals surface area contributed by atoms with E-state index in [4.69, 9.17) is 0 Å². The van der Waals surface area contributed by atoms with Crippen LogP contribution in [0, 0.1) is 0 Å². The van der Waals surface area contributed by atoms with Crippen molar-refractivity contribution in [1.82, 2.24) is 14.8 Å². The molecule has 9 heteroatoms. The summed E-state index contributed by atoms with van der Waals surface area (Å²) in [5, 5.41) is 6.11. The Kier molecular flexibility index (Phi) is 6.76. The van der Waals surface area contributed by atoms with Crippen LogP contribution in [0.15, 0.2) is 62.6 Å². The highest BCUT2D eigenvalue weighted by Gasteiger charge is 2.37. The first-order valence-corrected chi connectivity index (χ1v) is 11.9. The first-order valence-electron chi connectivity index (χ1n) is 10.4. The zero-order valence-corrected chi connectivity index (χ0v) is 20.7. The predicted octanol–water partition coefficient (Wildman–Crippen LogP) is 3.58. The van der Waals surface area contributed by atoms with Crippen molar-refractivity contribution >= 4 is 55.3 Å². The number of carbonyl (C=O) groups excluding carboxylic acids is 3. The maximum Gasteiger partial charge on any atom is 0.312 e. The molecule has 166 valence electrons. The summed E-state index contributed by atoms with van der Waals surface area (Å²) in [6.07, 6.45) is 0.561. The van der Waals surface area contributed by atoms with Gasteiger partial charge in [0.1, 0.15) is 6.54 Å². The fourth-order valence-corrected chi connectivity index (χ4v) is 4.43. The van der Waals surface area contributed by atoms with Crippen LogP contribution in [0.3, 0.4) is 0 Å². The van der Waals surface area contributed by atoms with Gasteiger partial charge in [0, 0.05) is 35.0 Å². The van der Waals surface area contributed by atoms with Gasteiger partial charge in [-0.2, -0.15) is 5.10 Å². The molecular weight excluding hydrogens is 540 g/mol. The zero-order chi connectivity index (χ0) is 22.8. The van der Waals surface area contributed by atoms with Crippen molar-refractivity contribution in [3.8, 4) is 0 Å². The van der Waals surface area contributed by atoms with Gasteiger partial charge in [0.15, 0.2) is 0 Å². The number of hydrogen-bond donors (Lipinski definition) is 0. The molecule has 3 amide bonds. The van der Waals surface area contributed by atoms with E-state index in [-0.39, 0.29) is 18.5 Å². The Labute approximate surface area is 203 Å². The second-order valence-electron chi connectivity index (χ2n) is 7.67. The van der Waals surface area contributed by atoms with Crippen molar-refractivity contribution in [2.75, 3.05) is 26.2 Å². The Morgan fingerprint density at radius 3 is 2.12 bits per heavy atom. The molecule has 2 aliphatic heterocycles. The lowest BCUT2D eigenvalue weighted by atomic mass is 9.98. The van der Waals surface area contributed by atoms with E-state index >= 15 is 0 Å². The van der Waals surface area contributed by atoms with E-state index in [0.717, 1.165) is 25.8 Å². The first-order chi connectivity index (χ1) is 15.4. The van der Waals surface area contributed by atoms with E-state index in [1.165, 1.54) is 14.8 Å². The summed E-state index contributed by atoms with van der Waals surface area (Å²) >= 11 is 6.89. The van der Waals surface area contributed by atoms with Gasteiger partial charge >= 0.3 is 11.8 Å². The second-order valence-corrected chi connectivity index (χ2v) is 9.51. The molecule has 2 heterocycles. The van der Waals surface area contributed by atoms with E-state index in [0.29, 0.717) is 26.1 Å². The van der Waals surface area contributed by atoms with E-state index in [2.05, 4.69) is 37.0 Å². The summed E-state index contributed by atoms with van der Waals surface area (Å²) in [4.78, 5) is 40.8. The molecule has 0 aliphatic carbocycles. The fourth-order valence-electron chi connectivity index (χ4n) is 3.90.